The normalized spacial score (nSPS) is 22.8. The maximum Gasteiger partial charge on any atom is 0.397 e. The van der Waals surface area contributed by atoms with Gasteiger partial charge in [-0.2, -0.15) is 8.42 Å². The third kappa shape index (κ3) is 12.1. The van der Waals surface area contributed by atoms with Crippen molar-refractivity contribution in [1.82, 2.24) is 0 Å². The quantitative estimate of drug-likeness (QED) is 0.116. The van der Waals surface area contributed by atoms with Crippen LogP contribution in [0.5, 0.6) is 0 Å². The molecule has 180 valence electrons. The molecule has 0 radical (unpaired) electrons. The van der Waals surface area contributed by atoms with Crippen molar-refractivity contribution in [2.24, 2.45) is 5.92 Å². The molecule has 5 atom stereocenters. The lowest BCUT2D eigenvalue weighted by molar-refractivity contribution is -0.146. The standard InChI is InChI=1S/C23H34O8S/c1-3-4-5-6-7-8-9-10-11-13-19(24)18(2)21(31-32(27,28)29)14-12-15-22-20(25)16-17-23(26)30-22/h7-13,15-22,24-25H,3-6,14H2,1-2H3,(H,27,28,29)/b8-7+,10-9-,13-11-,15-12+. The molecular weight excluding hydrogens is 436 g/mol. The molecule has 0 aromatic carbocycles. The first-order chi connectivity index (χ1) is 15.1. The minimum atomic E-state index is -4.76. The van der Waals surface area contributed by atoms with E-state index in [1.807, 2.05) is 12.2 Å². The second kappa shape index (κ2) is 14.9. The van der Waals surface area contributed by atoms with Crippen molar-refractivity contribution < 1.29 is 36.9 Å². The Morgan fingerprint density at radius 1 is 1.19 bits per heavy atom. The van der Waals surface area contributed by atoms with E-state index < -0.39 is 46.7 Å². The van der Waals surface area contributed by atoms with Gasteiger partial charge >= 0.3 is 16.4 Å². The molecule has 32 heavy (non-hydrogen) atoms. The molecule has 0 aliphatic carbocycles. The average molecular weight is 471 g/mol. The second-order valence-corrected chi connectivity index (χ2v) is 8.57. The zero-order chi connectivity index (χ0) is 24.0. The number of ether oxygens (including phenoxy) is 1. The Kier molecular flexibility index (Phi) is 13.0. The van der Waals surface area contributed by atoms with Crippen molar-refractivity contribution in [3.63, 3.8) is 0 Å². The van der Waals surface area contributed by atoms with Crippen LogP contribution in [0, 0.1) is 5.92 Å². The molecule has 9 heteroatoms. The summed E-state index contributed by atoms with van der Waals surface area (Å²) in [5, 5.41) is 20.2. The molecule has 1 rings (SSSR count). The molecular formula is C23H34O8S. The van der Waals surface area contributed by atoms with Gasteiger partial charge in [-0.15, -0.1) is 0 Å². The Labute approximate surface area is 190 Å². The van der Waals surface area contributed by atoms with Crippen molar-refractivity contribution in [1.29, 1.82) is 0 Å². The highest BCUT2D eigenvalue weighted by Crippen LogP contribution is 2.20. The highest BCUT2D eigenvalue weighted by molar-refractivity contribution is 7.80. The fraction of sp³-hybridized carbons (Fsp3) is 0.522. The summed E-state index contributed by atoms with van der Waals surface area (Å²) in [5.74, 6) is -1.30. The van der Waals surface area contributed by atoms with Crippen molar-refractivity contribution in [3.05, 3.63) is 60.8 Å². The van der Waals surface area contributed by atoms with E-state index in [9.17, 15) is 23.4 Å². The number of aliphatic hydroxyl groups is 2. The lowest BCUT2D eigenvalue weighted by Crippen LogP contribution is -2.33. The van der Waals surface area contributed by atoms with Crippen LogP contribution in [0.3, 0.4) is 0 Å². The predicted octanol–water partition coefficient (Wildman–Crippen LogP) is 3.21. The number of allylic oxidation sites excluding steroid dienone is 5. The van der Waals surface area contributed by atoms with E-state index in [2.05, 4.69) is 13.0 Å². The highest BCUT2D eigenvalue weighted by atomic mass is 32.3. The summed E-state index contributed by atoms with van der Waals surface area (Å²) in [4.78, 5) is 11.3. The van der Waals surface area contributed by atoms with Gasteiger partial charge in [0.05, 0.1) is 12.2 Å². The van der Waals surface area contributed by atoms with Gasteiger partial charge in [0.15, 0.2) is 0 Å². The summed E-state index contributed by atoms with van der Waals surface area (Å²) in [6.07, 6.45) is 16.4. The molecule has 0 bridgehead atoms. The first kappa shape index (κ1) is 28.0. The Hall–Kier alpha value is -2.04. The first-order valence-corrected chi connectivity index (χ1v) is 12.1. The number of cyclic esters (lactones) is 1. The van der Waals surface area contributed by atoms with Gasteiger partial charge in [-0.05, 0) is 31.4 Å². The van der Waals surface area contributed by atoms with Crippen molar-refractivity contribution in [3.8, 4) is 0 Å². The SMILES string of the molecule is CCCCC/C=C/C=C\C=C/C(O)C(C)C(C/C=C/C1OC(=O)C=CC1O)OS(=O)(=O)O. The monoisotopic (exact) mass is 470 g/mol. The predicted molar refractivity (Wildman–Crippen MR) is 122 cm³/mol. The number of rotatable bonds is 14. The third-order valence-electron chi connectivity index (χ3n) is 4.83. The van der Waals surface area contributed by atoms with Gasteiger partial charge in [0.1, 0.15) is 12.2 Å². The van der Waals surface area contributed by atoms with E-state index in [1.54, 1.807) is 19.1 Å². The van der Waals surface area contributed by atoms with Gasteiger partial charge < -0.3 is 14.9 Å². The molecule has 0 aromatic heterocycles. The van der Waals surface area contributed by atoms with Crippen molar-refractivity contribution >= 4 is 16.4 Å². The first-order valence-electron chi connectivity index (χ1n) is 10.7. The molecule has 0 saturated carbocycles. The minimum Gasteiger partial charge on any atom is -0.452 e. The number of carbonyl (C=O) groups is 1. The summed E-state index contributed by atoms with van der Waals surface area (Å²) >= 11 is 0. The van der Waals surface area contributed by atoms with Crippen LogP contribution in [-0.2, 0) is 24.1 Å². The Morgan fingerprint density at radius 3 is 2.59 bits per heavy atom. The summed E-state index contributed by atoms with van der Waals surface area (Å²) < 4.78 is 41.2. The van der Waals surface area contributed by atoms with Crippen LogP contribution in [0.4, 0.5) is 0 Å². The number of aliphatic hydroxyl groups excluding tert-OH is 2. The van der Waals surface area contributed by atoms with Crippen molar-refractivity contribution in [2.75, 3.05) is 0 Å². The number of unbranched alkanes of at least 4 members (excludes halogenated alkanes) is 3. The van der Waals surface area contributed by atoms with E-state index in [1.165, 1.54) is 37.1 Å². The molecule has 1 aliphatic rings. The lowest BCUT2D eigenvalue weighted by Gasteiger charge is -2.25. The van der Waals surface area contributed by atoms with Gasteiger partial charge in [0.25, 0.3) is 0 Å². The van der Waals surface area contributed by atoms with Crippen LogP contribution in [0.1, 0.15) is 46.0 Å². The highest BCUT2D eigenvalue weighted by Gasteiger charge is 2.28. The van der Waals surface area contributed by atoms with Crippen LogP contribution in [0.2, 0.25) is 0 Å². The topological polar surface area (TPSA) is 130 Å². The molecule has 0 spiro atoms. The lowest BCUT2D eigenvalue weighted by atomic mass is 9.95. The third-order valence-corrected chi connectivity index (χ3v) is 5.33. The molecule has 8 nitrogen and oxygen atoms in total. The van der Waals surface area contributed by atoms with Crippen LogP contribution >= 0.6 is 0 Å². The summed E-state index contributed by atoms with van der Waals surface area (Å²) in [7, 11) is -4.76. The largest absolute Gasteiger partial charge is 0.452 e. The molecule has 0 aromatic rings. The van der Waals surface area contributed by atoms with E-state index in [4.69, 9.17) is 13.5 Å². The van der Waals surface area contributed by atoms with Crippen LogP contribution in [-0.4, -0.2) is 53.6 Å². The molecule has 0 saturated heterocycles. The Morgan fingerprint density at radius 2 is 1.91 bits per heavy atom. The molecule has 1 heterocycles. The average Bonchev–Trinajstić information content (AvgIpc) is 2.72. The summed E-state index contributed by atoms with van der Waals surface area (Å²) in [6.45, 7) is 3.73. The molecule has 5 unspecified atom stereocenters. The van der Waals surface area contributed by atoms with Gasteiger partial charge in [-0.3, -0.25) is 4.55 Å². The smallest absolute Gasteiger partial charge is 0.397 e. The Balaban J connectivity index is 2.67. The van der Waals surface area contributed by atoms with Gasteiger partial charge in [-0.25, -0.2) is 8.98 Å². The molecule has 3 N–H and O–H groups in total. The zero-order valence-electron chi connectivity index (χ0n) is 18.5. The van der Waals surface area contributed by atoms with Crippen LogP contribution in [0.25, 0.3) is 0 Å². The van der Waals surface area contributed by atoms with Crippen LogP contribution < -0.4 is 0 Å². The second-order valence-electron chi connectivity index (χ2n) is 7.52. The van der Waals surface area contributed by atoms with E-state index >= 15 is 0 Å². The fourth-order valence-corrected chi connectivity index (χ4v) is 3.48. The van der Waals surface area contributed by atoms with E-state index in [0.717, 1.165) is 18.9 Å². The molecule has 0 fully saturated rings. The summed E-state index contributed by atoms with van der Waals surface area (Å²) in [6, 6.07) is 0. The maximum absolute atomic E-state index is 11.3. The zero-order valence-corrected chi connectivity index (χ0v) is 19.3. The maximum atomic E-state index is 11.3. The number of esters is 1. The van der Waals surface area contributed by atoms with E-state index in [0.29, 0.717) is 0 Å². The van der Waals surface area contributed by atoms with Gasteiger partial charge in [0.2, 0.25) is 0 Å². The van der Waals surface area contributed by atoms with Gasteiger partial charge in [-0.1, -0.05) is 69.2 Å². The van der Waals surface area contributed by atoms with Gasteiger partial charge in [0, 0.05) is 12.0 Å². The number of hydrogen-bond donors (Lipinski definition) is 3. The fourth-order valence-electron chi connectivity index (χ4n) is 2.92. The summed E-state index contributed by atoms with van der Waals surface area (Å²) in [5.41, 5.74) is 0. The number of carbonyl (C=O) groups excluding carboxylic acids is 1. The Bertz CT molecular complexity index is 810. The minimum absolute atomic E-state index is 0.0212. The van der Waals surface area contributed by atoms with Crippen molar-refractivity contribution in [2.45, 2.75) is 70.4 Å². The van der Waals surface area contributed by atoms with E-state index in [-0.39, 0.29) is 6.42 Å². The number of hydrogen-bond acceptors (Lipinski definition) is 7. The molecule has 1 aliphatic heterocycles. The van der Waals surface area contributed by atoms with Crippen LogP contribution in [0.15, 0.2) is 60.8 Å². The molecule has 0 amide bonds.